The summed E-state index contributed by atoms with van der Waals surface area (Å²) in [6, 6.07) is 0. The smallest absolute Gasteiger partial charge is 0.182 e. The highest BCUT2D eigenvalue weighted by Crippen LogP contribution is 1.89. The van der Waals surface area contributed by atoms with Crippen molar-refractivity contribution in [3.63, 3.8) is 0 Å². The Morgan fingerprint density at radius 2 is 2.10 bits per heavy atom. The minimum atomic E-state index is 0.117. The van der Waals surface area contributed by atoms with Crippen molar-refractivity contribution >= 4 is 0 Å². The summed E-state index contributed by atoms with van der Waals surface area (Å²) in [5.74, 6) is 0. The molecule has 10 heavy (non-hydrogen) atoms. The number of quaternary nitrogens is 1. The first-order chi connectivity index (χ1) is 4.56. The highest BCUT2D eigenvalue weighted by molar-refractivity contribution is 4.34. The summed E-state index contributed by atoms with van der Waals surface area (Å²) < 4.78 is 5.70. The molecule has 0 bridgehead atoms. The number of hydrogen-bond acceptors (Lipinski definition) is 2. The minimum absolute atomic E-state index is 0.117. The van der Waals surface area contributed by atoms with Crippen molar-refractivity contribution in [1.29, 1.82) is 0 Å². The van der Waals surface area contributed by atoms with Crippen molar-refractivity contribution in [3.05, 3.63) is 10.4 Å². The van der Waals surface area contributed by atoms with Crippen molar-refractivity contribution < 1.29 is 9.22 Å². The van der Waals surface area contributed by atoms with Crippen LogP contribution >= 0.6 is 0 Å². The number of nitrogens with zero attached hydrogens (tertiary/aromatic N) is 4. The standard InChI is InChI=1S/C5H13N4O/c1-9(2,3)5-10-4-7-8-6/h4-5H2,1-3H3/q+1. The molecule has 0 fully saturated rings. The third-order valence-electron chi connectivity index (χ3n) is 0.691. The molecule has 0 aliphatic carbocycles. The molecule has 0 radical (unpaired) electrons. The highest BCUT2D eigenvalue weighted by Gasteiger charge is 2.04. The van der Waals surface area contributed by atoms with Gasteiger partial charge in [-0.05, 0) is 5.53 Å². The van der Waals surface area contributed by atoms with E-state index in [1.807, 2.05) is 21.1 Å². The second kappa shape index (κ2) is 4.11. The number of ether oxygens (including phenoxy) is 1. The zero-order chi connectivity index (χ0) is 8.04. The molecule has 0 heterocycles. The summed E-state index contributed by atoms with van der Waals surface area (Å²) in [6.07, 6.45) is 0. The van der Waals surface area contributed by atoms with E-state index in [1.165, 1.54) is 0 Å². The van der Waals surface area contributed by atoms with E-state index in [2.05, 4.69) is 10.0 Å². The third kappa shape index (κ3) is 7.23. The maximum Gasteiger partial charge on any atom is 0.182 e. The topological polar surface area (TPSA) is 58.0 Å². The van der Waals surface area contributed by atoms with E-state index in [9.17, 15) is 0 Å². The van der Waals surface area contributed by atoms with Crippen LogP contribution in [0, 0.1) is 0 Å². The zero-order valence-electron chi connectivity index (χ0n) is 6.61. The lowest BCUT2D eigenvalue weighted by atomic mass is 10.7. The van der Waals surface area contributed by atoms with Gasteiger partial charge in [0.1, 0.15) is 6.73 Å². The second-order valence-corrected chi connectivity index (χ2v) is 2.98. The largest absolute Gasteiger partial charge is 0.326 e. The van der Waals surface area contributed by atoms with Gasteiger partial charge in [0.15, 0.2) is 6.73 Å². The van der Waals surface area contributed by atoms with Crippen molar-refractivity contribution in [2.24, 2.45) is 5.11 Å². The van der Waals surface area contributed by atoms with Gasteiger partial charge in [0.05, 0.1) is 21.1 Å². The Hall–Kier alpha value is -0.770. The van der Waals surface area contributed by atoms with Gasteiger partial charge in [0, 0.05) is 4.91 Å². The summed E-state index contributed by atoms with van der Waals surface area (Å²) in [7, 11) is 5.99. The third-order valence-corrected chi connectivity index (χ3v) is 0.691. The fraction of sp³-hybridized carbons (Fsp3) is 1.00. The van der Waals surface area contributed by atoms with Crippen LogP contribution in [0.2, 0.25) is 0 Å². The first-order valence-corrected chi connectivity index (χ1v) is 2.95. The SMILES string of the molecule is C[N+](C)(C)COCN=[N+]=[N-]. The maximum absolute atomic E-state index is 7.87. The fourth-order valence-corrected chi connectivity index (χ4v) is 0.381. The van der Waals surface area contributed by atoms with Crippen molar-refractivity contribution in [3.8, 4) is 0 Å². The molecule has 0 aromatic heterocycles. The highest BCUT2D eigenvalue weighted by atomic mass is 16.5. The predicted molar refractivity (Wildman–Crippen MR) is 38.0 cm³/mol. The second-order valence-electron chi connectivity index (χ2n) is 2.98. The molecule has 0 saturated carbocycles. The van der Waals surface area contributed by atoms with Gasteiger partial charge in [0.25, 0.3) is 0 Å². The van der Waals surface area contributed by atoms with E-state index in [1.54, 1.807) is 0 Å². The van der Waals surface area contributed by atoms with Gasteiger partial charge in [-0.15, -0.1) is 0 Å². The first kappa shape index (κ1) is 9.23. The van der Waals surface area contributed by atoms with E-state index >= 15 is 0 Å². The van der Waals surface area contributed by atoms with E-state index in [-0.39, 0.29) is 6.73 Å². The molecule has 0 rings (SSSR count). The molecule has 0 atom stereocenters. The van der Waals surface area contributed by atoms with Crippen LogP contribution in [0.1, 0.15) is 0 Å². The lowest BCUT2D eigenvalue weighted by molar-refractivity contribution is -0.890. The molecule has 5 heteroatoms. The van der Waals surface area contributed by atoms with Gasteiger partial charge in [-0.25, -0.2) is 0 Å². The van der Waals surface area contributed by atoms with Gasteiger partial charge in [-0.2, -0.15) is 0 Å². The lowest BCUT2D eigenvalue weighted by Crippen LogP contribution is -2.36. The maximum atomic E-state index is 7.87. The van der Waals surface area contributed by atoms with Crippen LogP contribution in [0.5, 0.6) is 0 Å². The Bertz CT molecular complexity index is 133. The first-order valence-electron chi connectivity index (χ1n) is 2.95. The van der Waals surface area contributed by atoms with Crippen LogP contribution in [-0.2, 0) is 4.74 Å². The number of rotatable bonds is 4. The summed E-state index contributed by atoms with van der Waals surface area (Å²) in [4.78, 5) is 2.55. The Kier molecular flexibility index (Phi) is 3.79. The molecule has 0 aromatic carbocycles. The van der Waals surface area contributed by atoms with Crippen LogP contribution in [-0.4, -0.2) is 39.1 Å². The van der Waals surface area contributed by atoms with Gasteiger partial charge >= 0.3 is 0 Å². The lowest BCUT2D eigenvalue weighted by Gasteiger charge is -2.22. The van der Waals surface area contributed by atoms with Gasteiger partial charge < -0.3 is 9.22 Å². The number of hydrogen-bond donors (Lipinski definition) is 0. The Balaban J connectivity index is 3.28. The Labute approximate surface area is 60.4 Å². The summed E-state index contributed by atoms with van der Waals surface area (Å²) in [5.41, 5.74) is 7.87. The molecule has 0 saturated heterocycles. The average molecular weight is 145 g/mol. The van der Waals surface area contributed by atoms with Crippen molar-refractivity contribution in [2.45, 2.75) is 0 Å². The van der Waals surface area contributed by atoms with Gasteiger partial charge in [-0.3, -0.25) is 0 Å². The fourth-order valence-electron chi connectivity index (χ4n) is 0.381. The van der Waals surface area contributed by atoms with E-state index in [0.29, 0.717) is 11.2 Å². The minimum Gasteiger partial charge on any atom is -0.326 e. The molecule has 0 aliphatic rings. The van der Waals surface area contributed by atoms with E-state index in [4.69, 9.17) is 10.3 Å². The molecular weight excluding hydrogens is 132 g/mol. The average Bonchev–Trinajstić information content (AvgIpc) is 1.78. The molecule has 0 amide bonds. The Morgan fingerprint density at radius 3 is 2.50 bits per heavy atom. The summed E-state index contributed by atoms with van der Waals surface area (Å²) in [6.45, 7) is 0.672. The molecule has 58 valence electrons. The predicted octanol–water partition coefficient (Wildman–Crippen LogP) is 0.934. The summed E-state index contributed by atoms with van der Waals surface area (Å²) in [5, 5.41) is 3.22. The number of azide groups is 1. The molecule has 0 aromatic rings. The van der Waals surface area contributed by atoms with Crippen LogP contribution in [0.4, 0.5) is 0 Å². The van der Waals surface area contributed by atoms with Crippen molar-refractivity contribution in [1.82, 2.24) is 0 Å². The summed E-state index contributed by atoms with van der Waals surface area (Å²) >= 11 is 0. The molecule has 0 aliphatic heterocycles. The van der Waals surface area contributed by atoms with E-state index in [0.717, 1.165) is 0 Å². The Morgan fingerprint density at radius 1 is 1.50 bits per heavy atom. The molecule has 5 nitrogen and oxygen atoms in total. The van der Waals surface area contributed by atoms with Gasteiger partial charge in [0.2, 0.25) is 0 Å². The molecule has 0 N–H and O–H groups in total. The molecule has 0 unspecified atom stereocenters. The van der Waals surface area contributed by atoms with Crippen LogP contribution < -0.4 is 0 Å². The normalized spacial score (nSPS) is 10.7. The van der Waals surface area contributed by atoms with Crippen molar-refractivity contribution in [2.75, 3.05) is 34.6 Å². The monoisotopic (exact) mass is 145 g/mol. The van der Waals surface area contributed by atoms with Gasteiger partial charge in [-0.1, -0.05) is 5.11 Å². The van der Waals surface area contributed by atoms with Crippen LogP contribution in [0.3, 0.4) is 0 Å². The van der Waals surface area contributed by atoms with Crippen LogP contribution in [0.15, 0.2) is 5.11 Å². The zero-order valence-corrected chi connectivity index (χ0v) is 6.61. The van der Waals surface area contributed by atoms with Crippen LogP contribution in [0.25, 0.3) is 10.4 Å². The quantitative estimate of drug-likeness (QED) is 0.145. The molecule has 0 spiro atoms. The van der Waals surface area contributed by atoms with E-state index < -0.39 is 0 Å². The molecular formula is C5H13N4O+.